The van der Waals surface area contributed by atoms with Crippen molar-refractivity contribution in [3.05, 3.63) is 67.4 Å². The second-order valence-corrected chi connectivity index (χ2v) is 6.71. The first-order valence-electron chi connectivity index (χ1n) is 7.82. The van der Waals surface area contributed by atoms with Crippen LogP contribution in [0.5, 0.6) is 0 Å². The lowest BCUT2D eigenvalue weighted by Crippen LogP contribution is -2.42. The zero-order valence-corrected chi connectivity index (χ0v) is 15.2. The molecule has 0 saturated carbocycles. The Hall–Kier alpha value is -2.87. The van der Waals surface area contributed by atoms with Gasteiger partial charge >= 0.3 is 11.7 Å². The van der Waals surface area contributed by atoms with Gasteiger partial charge in [-0.3, -0.25) is 23.6 Å². The normalized spacial score (nSPS) is 19.8. The van der Waals surface area contributed by atoms with Gasteiger partial charge in [0, 0.05) is 36.4 Å². The smallest absolute Gasteiger partial charge is 0.319 e. The molecule has 26 heavy (non-hydrogen) atoms. The number of carbonyl (C=O) groups excluding carboxylic acids is 2. The van der Waals surface area contributed by atoms with Crippen molar-refractivity contribution in [2.24, 2.45) is 14.1 Å². The molecule has 1 fully saturated rings. The average Bonchev–Trinajstić information content (AvgIpc) is 2.82. The molecule has 1 aliphatic rings. The summed E-state index contributed by atoms with van der Waals surface area (Å²) < 4.78 is 2.18. The molecular formula is C17H17ClN4O4. The minimum Gasteiger partial charge on any atom is -0.319 e. The van der Waals surface area contributed by atoms with Crippen LogP contribution in [-0.2, 0) is 31.0 Å². The lowest BCUT2D eigenvalue weighted by Gasteiger charge is -2.23. The minimum absolute atomic E-state index is 0.202. The van der Waals surface area contributed by atoms with Crippen LogP contribution in [0.4, 0.5) is 4.79 Å². The van der Waals surface area contributed by atoms with E-state index in [0.717, 1.165) is 9.47 Å². The quantitative estimate of drug-likeness (QED) is 0.798. The Morgan fingerprint density at radius 2 is 1.73 bits per heavy atom. The maximum absolute atomic E-state index is 13.0. The van der Waals surface area contributed by atoms with Crippen molar-refractivity contribution >= 4 is 23.5 Å². The van der Waals surface area contributed by atoms with Gasteiger partial charge in [0.05, 0.1) is 6.54 Å². The largest absolute Gasteiger partial charge is 0.330 e. The summed E-state index contributed by atoms with van der Waals surface area (Å²) in [4.78, 5) is 50.3. The number of urea groups is 1. The zero-order valence-electron chi connectivity index (χ0n) is 14.4. The number of nitrogens with one attached hydrogen (secondary N) is 1. The molecule has 3 amide bonds. The first-order chi connectivity index (χ1) is 12.2. The number of benzene rings is 1. The first-order valence-corrected chi connectivity index (χ1v) is 8.19. The number of imide groups is 1. The summed E-state index contributed by atoms with van der Waals surface area (Å²) in [5.74, 6) is -0.510. The second kappa shape index (κ2) is 6.14. The van der Waals surface area contributed by atoms with E-state index in [2.05, 4.69) is 5.32 Å². The highest BCUT2D eigenvalue weighted by Gasteiger charge is 2.49. The van der Waals surface area contributed by atoms with Gasteiger partial charge in [0.15, 0.2) is 0 Å². The third-order valence-electron chi connectivity index (χ3n) is 4.63. The Balaban J connectivity index is 2.00. The predicted molar refractivity (Wildman–Crippen MR) is 94.8 cm³/mol. The van der Waals surface area contributed by atoms with E-state index in [9.17, 15) is 19.2 Å². The number of hydrogen-bond acceptors (Lipinski definition) is 4. The van der Waals surface area contributed by atoms with Crippen LogP contribution in [-0.4, -0.2) is 26.0 Å². The van der Waals surface area contributed by atoms with Crippen LogP contribution in [0.2, 0.25) is 5.02 Å². The van der Waals surface area contributed by atoms with Gasteiger partial charge in [0.2, 0.25) is 0 Å². The summed E-state index contributed by atoms with van der Waals surface area (Å²) in [6.45, 7) is 1.37. The molecule has 1 N–H and O–H groups in total. The zero-order chi connectivity index (χ0) is 19.2. The Bertz CT molecular complexity index is 1040. The van der Waals surface area contributed by atoms with E-state index in [1.54, 1.807) is 31.2 Å². The summed E-state index contributed by atoms with van der Waals surface area (Å²) in [6, 6.07) is 7.36. The lowest BCUT2D eigenvalue weighted by atomic mass is 9.92. The van der Waals surface area contributed by atoms with Crippen molar-refractivity contribution in [2.75, 3.05) is 0 Å². The summed E-state index contributed by atoms with van der Waals surface area (Å²) in [6.07, 6.45) is 0. The van der Waals surface area contributed by atoms with E-state index in [1.807, 2.05) is 0 Å². The summed E-state index contributed by atoms with van der Waals surface area (Å²) in [5.41, 5.74) is -1.64. The van der Waals surface area contributed by atoms with E-state index in [4.69, 9.17) is 11.6 Å². The molecule has 9 heteroatoms. The fourth-order valence-electron chi connectivity index (χ4n) is 2.98. The molecule has 1 unspecified atom stereocenters. The van der Waals surface area contributed by atoms with Crippen LogP contribution >= 0.6 is 11.6 Å². The molecule has 1 aromatic carbocycles. The molecule has 0 bridgehead atoms. The third kappa shape index (κ3) is 2.62. The molecule has 136 valence electrons. The molecule has 1 saturated heterocycles. The van der Waals surface area contributed by atoms with Gasteiger partial charge in [-0.2, -0.15) is 0 Å². The molecule has 1 aromatic heterocycles. The SMILES string of the molecule is Cn1c(CN2C(=O)NC(C)(c3ccccc3Cl)C2=O)cc(=O)n(C)c1=O. The van der Waals surface area contributed by atoms with Crippen molar-refractivity contribution in [1.82, 2.24) is 19.4 Å². The molecule has 1 atom stereocenters. The second-order valence-electron chi connectivity index (χ2n) is 6.30. The Kier molecular flexibility index (Phi) is 4.23. The predicted octanol–water partition coefficient (Wildman–Crippen LogP) is 0.705. The van der Waals surface area contributed by atoms with E-state index in [1.165, 1.54) is 24.7 Å². The van der Waals surface area contributed by atoms with Crippen LogP contribution in [0.15, 0.2) is 39.9 Å². The number of carbonyl (C=O) groups is 2. The number of rotatable bonds is 3. The van der Waals surface area contributed by atoms with Gasteiger partial charge in [-0.25, -0.2) is 9.59 Å². The van der Waals surface area contributed by atoms with Gasteiger partial charge in [0.1, 0.15) is 5.54 Å². The number of amides is 3. The Labute approximate surface area is 153 Å². The maximum atomic E-state index is 13.0. The number of nitrogens with zero attached hydrogens (tertiary/aromatic N) is 3. The monoisotopic (exact) mass is 376 g/mol. The number of halogens is 1. The van der Waals surface area contributed by atoms with Gasteiger partial charge in [0.25, 0.3) is 11.5 Å². The highest BCUT2D eigenvalue weighted by molar-refractivity contribution is 6.32. The summed E-state index contributed by atoms with van der Waals surface area (Å²) in [7, 11) is 2.83. The lowest BCUT2D eigenvalue weighted by molar-refractivity contribution is -0.131. The van der Waals surface area contributed by atoms with Gasteiger partial charge in [-0.05, 0) is 13.0 Å². The van der Waals surface area contributed by atoms with Gasteiger partial charge in [-0.15, -0.1) is 0 Å². The standard InChI is InChI=1S/C17H17ClN4O4/c1-17(11-6-4-5-7-12(11)18)14(24)22(15(25)19-17)9-10-8-13(23)21(3)16(26)20(10)2/h4-8H,9H2,1-3H3,(H,19,25). The first kappa shape index (κ1) is 17.9. The van der Waals surface area contributed by atoms with Gasteiger partial charge < -0.3 is 5.32 Å². The highest BCUT2D eigenvalue weighted by atomic mass is 35.5. The topological polar surface area (TPSA) is 93.4 Å². The van der Waals surface area contributed by atoms with Crippen molar-refractivity contribution < 1.29 is 9.59 Å². The molecule has 0 aliphatic carbocycles. The maximum Gasteiger partial charge on any atom is 0.330 e. The average molecular weight is 377 g/mol. The van der Waals surface area contributed by atoms with Crippen LogP contribution in [0.1, 0.15) is 18.2 Å². The van der Waals surface area contributed by atoms with Crippen LogP contribution in [0.3, 0.4) is 0 Å². The highest BCUT2D eigenvalue weighted by Crippen LogP contribution is 2.33. The molecule has 0 spiro atoms. The van der Waals surface area contributed by atoms with E-state index < -0.39 is 28.7 Å². The van der Waals surface area contributed by atoms with Gasteiger partial charge in [-0.1, -0.05) is 29.8 Å². The molecule has 3 rings (SSSR count). The fraction of sp³-hybridized carbons (Fsp3) is 0.294. The van der Waals surface area contributed by atoms with E-state index in [-0.39, 0.29) is 12.2 Å². The van der Waals surface area contributed by atoms with Crippen molar-refractivity contribution in [3.63, 3.8) is 0 Å². The molecule has 2 aromatic rings. The summed E-state index contributed by atoms with van der Waals surface area (Å²) in [5, 5.41) is 3.00. The third-order valence-corrected chi connectivity index (χ3v) is 4.96. The molecular weight excluding hydrogens is 360 g/mol. The summed E-state index contributed by atoms with van der Waals surface area (Å²) >= 11 is 6.19. The molecule has 2 heterocycles. The molecule has 8 nitrogen and oxygen atoms in total. The van der Waals surface area contributed by atoms with Crippen molar-refractivity contribution in [3.8, 4) is 0 Å². The van der Waals surface area contributed by atoms with E-state index >= 15 is 0 Å². The van der Waals surface area contributed by atoms with Crippen LogP contribution in [0, 0.1) is 0 Å². The van der Waals surface area contributed by atoms with Crippen LogP contribution < -0.4 is 16.6 Å². The molecule has 0 radical (unpaired) electrons. The number of hydrogen-bond donors (Lipinski definition) is 1. The van der Waals surface area contributed by atoms with Crippen LogP contribution in [0.25, 0.3) is 0 Å². The van der Waals surface area contributed by atoms with Crippen molar-refractivity contribution in [2.45, 2.75) is 19.0 Å². The Morgan fingerprint density at radius 3 is 2.38 bits per heavy atom. The Morgan fingerprint density at radius 1 is 1.08 bits per heavy atom. The minimum atomic E-state index is -1.33. The number of aromatic nitrogens is 2. The molecule has 1 aliphatic heterocycles. The van der Waals surface area contributed by atoms with Crippen molar-refractivity contribution in [1.29, 1.82) is 0 Å². The van der Waals surface area contributed by atoms with E-state index in [0.29, 0.717) is 10.6 Å². The fourth-order valence-corrected chi connectivity index (χ4v) is 3.31.